The molecule has 0 N–H and O–H groups in total. The van der Waals surface area contributed by atoms with Gasteiger partial charge in [-0.25, -0.2) is 4.98 Å². The van der Waals surface area contributed by atoms with Crippen LogP contribution in [0, 0.1) is 5.41 Å². The molecule has 0 bridgehead atoms. The topological polar surface area (TPSA) is 45.7 Å². The molecule has 4 rings (SSSR count). The second-order valence-corrected chi connectivity index (χ2v) is 8.14. The van der Waals surface area contributed by atoms with Crippen LogP contribution >= 0.6 is 0 Å². The number of aromatic nitrogens is 1. The SMILES string of the molecule is CC1(C)CN(c2ccc(C(=O)N3CCOCC3)cn2)C[C@H]1c1ccccc1. The molecule has 2 fully saturated rings. The van der Waals surface area contributed by atoms with Crippen LogP contribution in [0.3, 0.4) is 0 Å². The van der Waals surface area contributed by atoms with Crippen LogP contribution in [0.4, 0.5) is 5.82 Å². The molecule has 0 unspecified atom stereocenters. The van der Waals surface area contributed by atoms with Crippen LogP contribution in [0.2, 0.25) is 0 Å². The number of morpholine rings is 1. The molecule has 0 radical (unpaired) electrons. The predicted octanol–water partition coefficient (Wildman–Crippen LogP) is 3.18. The first-order valence-corrected chi connectivity index (χ1v) is 9.67. The van der Waals surface area contributed by atoms with Gasteiger partial charge in [0.25, 0.3) is 5.91 Å². The standard InChI is InChI=1S/C22H27N3O2/c1-22(2)16-25(15-19(22)17-6-4-3-5-7-17)20-9-8-18(14-23-20)21(26)24-10-12-27-13-11-24/h3-9,14,19H,10-13,15-16H2,1-2H3/t19-/m0/s1. The van der Waals surface area contributed by atoms with Crippen LogP contribution < -0.4 is 4.90 Å². The highest BCUT2D eigenvalue weighted by Gasteiger charge is 2.40. The zero-order valence-electron chi connectivity index (χ0n) is 16.1. The lowest BCUT2D eigenvalue weighted by atomic mass is 9.78. The van der Waals surface area contributed by atoms with E-state index >= 15 is 0 Å². The number of benzene rings is 1. The van der Waals surface area contributed by atoms with Gasteiger partial charge in [0, 0.05) is 38.3 Å². The number of amides is 1. The first kappa shape index (κ1) is 18.0. The zero-order valence-corrected chi connectivity index (χ0v) is 16.1. The molecule has 2 aliphatic heterocycles. The van der Waals surface area contributed by atoms with E-state index in [9.17, 15) is 4.79 Å². The number of hydrogen-bond acceptors (Lipinski definition) is 4. The van der Waals surface area contributed by atoms with E-state index in [1.807, 2.05) is 17.0 Å². The van der Waals surface area contributed by atoms with Crippen molar-refractivity contribution in [2.75, 3.05) is 44.3 Å². The summed E-state index contributed by atoms with van der Waals surface area (Å²) in [6, 6.07) is 14.6. The Balaban J connectivity index is 1.48. The van der Waals surface area contributed by atoms with Gasteiger partial charge in [-0.3, -0.25) is 4.79 Å². The summed E-state index contributed by atoms with van der Waals surface area (Å²) in [5.41, 5.74) is 2.20. The normalized spacial score (nSPS) is 22.1. The van der Waals surface area contributed by atoms with E-state index in [0.717, 1.165) is 18.9 Å². The highest BCUT2D eigenvalue weighted by atomic mass is 16.5. The Morgan fingerprint density at radius 2 is 1.85 bits per heavy atom. The summed E-state index contributed by atoms with van der Waals surface area (Å²) in [7, 11) is 0. The van der Waals surface area contributed by atoms with Crippen molar-refractivity contribution in [3.63, 3.8) is 0 Å². The molecular weight excluding hydrogens is 338 g/mol. The molecule has 3 heterocycles. The Morgan fingerprint density at radius 3 is 2.52 bits per heavy atom. The number of carbonyl (C=O) groups is 1. The molecule has 2 saturated heterocycles. The number of hydrogen-bond donors (Lipinski definition) is 0. The van der Waals surface area contributed by atoms with Crippen LogP contribution in [0.25, 0.3) is 0 Å². The Kier molecular flexibility index (Phi) is 4.87. The lowest BCUT2D eigenvalue weighted by Gasteiger charge is -2.27. The molecule has 1 aromatic heterocycles. The van der Waals surface area contributed by atoms with E-state index in [2.05, 4.69) is 54.1 Å². The average Bonchev–Trinajstić information content (AvgIpc) is 3.04. The minimum Gasteiger partial charge on any atom is -0.378 e. The smallest absolute Gasteiger partial charge is 0.255 e. The van der Waals surface area contributed by atoms with Gasteiger partial charge in [0.2, 0.25) is 0 Å². The molecule has 0 saturated carbocycles. The van der Waals surface area contributed by atoms with Gasteiger partial charge >= 0.3 is 0 Å². The van der Waals surface area contributed by atoms with Gasteiger partial charge in [-0.05, 0) is 23.1 Å². The number of anilines is 1. The third kappa shape index (κ3) is 3.69. The molecule has 27 heavy (non-hydrogen) atoms. The minimum atomic E-state index is 0.0428. The third-order valence-electron chi connectivity index (χ3n) is 5.76. The molecule has 2 aliphatic rings. The van der Waals surface area contributed by atoms with Crippen LogP contribution in [0.5, 0.6) is 0 Å². The number of ether oxygens (including phenoxy) is 1. The van der Waals surface area contributed by atoms with Gasteiger partial charge in [-0.15, -0.1) is 0 Å². The summed E-state index contributed by atoms with van der Waals surface area (Å²) in [4.78, 5) is 21.4. The van der Waals surface area contributed by atoms with Crippen LogP contribution in [0.1, 0.15) is 35.7 Å². The maximum Gasteiger partial charge on any atom is 0.255 e. The van der Waals surface area contributed by atoms with Crippen molar-refractivity contribution in [3.05, 3.63) is 59.8 Å². The molecule has 1 amide bonds. The van der Waals surface area contributed by atoms with Gasteiger partial charge in [0.1, 0.15) is 5.82 Å². The van der Waals surface area contributed by atoms with E-state index in [1.54, 1.807) is 6.20 Å². The molecular formula is C22H27N3O2. The summed E-state index contributed by atoms with van der Waals surface area (Å²) < 4.78 is 5.32. The molecule has 0 aliphatic carbocycles. The predicted molar refractivity (Wildman–Crippen MR) is 106 cm³/mol. The van der Waals surface area contributed by atoms with Crippen molar-refractivity contribution < 1.29 is 9.53 Å². The number of carbonyl (C=O) groups excluding carboxylic acids is 1. The Hall–Kier alpha value is -2.40. The van der Waals surface area contributed by atoms with Crippen LogP contribution in [-0.4, -0.2) is 55.2 Å². The van der Waals surface area contributed by atoms with E-state index in [1.165, 1.54) is 5.56 Å². The first-order valence-electron chi connectivity index (χ1n) is 9.67. The summed E-state index contributed by atoms with van der Waals surface area (Å²) in [6.45, 7) is 9.07. The van der Waals surface area contributed by atoms with Gasteiger partial charge in [0.15, 0.2) is 0 Å². The Bertz CT molecular complexity index is 783. The molecule has 5 nitrogen and oxygen atoms in total. The molecule has 2 aromatic rings. The van der Waals surface area contributed by atoms with Gasteiger partial charge in [-0.1, -0.05) is 44.2 Å². The fourth-order valence-corrected chi connectivity index (χ4v) is 4.20. The fourth-order valence-electron chi connectivity index (χ4n) is 4.20. The Labute approximate surface area is 161 Å². The zero-order chi connectivity index (χ0) is 18.9. The highest BCUT2D eigenvalue weighted by molar-refractivity contribution is 5.94. The summed E-state index contributed by atoms with van der Waals surface area (Å²) in [6.07, 6.45) is 1.72. The van der Waals surface area contributed by atoms with E-state index < -0.39 is 0 Å². The molecule has 1 atom stereocenters. The largest absolute Gasteiger partial charge is 0.378 e. The molecule has 1 aromatic carbocycles. The molecule has 142 valence electrons. The average molecular weight is 365 g/mol. The van der Waals surface area contributed by atoms with Crippen molar-refractivity contribution in [1.82, 2.24) is 9.88 Å². The van der Waals surface area contributed by atoms with Crippen molar-refractivity contribution in [1.29, 1.82) is 0 Å². The van der Waals surface area contributed by atoms with E-state index in [0.29, 0.717) is 37.8 Å². The first-order chi connectivity index (χ1) is 13.0. The van der Waals surface area contributed by atoms with Crippen molar-refractivity contribution in [2.45, 2.75) is 19.8 Å². The highest BCUT2D eigenvalue weighted by Crippen LogP contribution is 2.43. The maximum atomic E-state index is 12.6. The third-order valence-corrected chi connectivity index (χ3v) is 5.76. The lowest BCUT2D eigenvalue weighted by Crippen LogP contribution is -2.40. The monoisotopic (exact) mass is 365 g/mol. The second kappa shape index (κ2) is 7.31. The van der Waals surface area contributed by atoms with Crippen LogP contribution in [-0.2, 0) is 4.74 Å². The fraction of sp³-hybridized carbons (Fsp3) is 0.455. The summed E-state index contributed by atoms with van der Waals surface area (Å²) in [5, 5.41) is 0. The van der Waals surface area contributed by atoms with Gasteiger partial charge in [-0.2, -0.15) is 0 Å². The number of pyridine rings is 1. The molecule has 5 heteroatoms. The number of rotatable bonds is 3. The number of nitrogens with zero attached hydrogens (tertiary/aromatic N) is 3. The summed E-state index contributed by atoms with van der Waals surface area (Å²) in [5.74, 6) is 1.46. The van der Waals surface area contributed by atoms with Crippen LogP contribution in [0.15, 0.2) is 48.7 Å². The van der Waals surface area contributed by atoms with E-state index in [4.69, 9.17) is 4.74 Å². The molecule has 0 spiro atoms. The van der Waals surface area contributed by atoms with Crippen molar-refractivity contribution >= 4 is 11.7 Å². The minimum absolute atomic E-state index is 0.0428. The van der Waals surface area contributed by atoms with Crippen molar-refractivity contribution in [3.8, 4) is 0 Å². The van der Waals surface area contributed by atoms with Gasteiger partial charge in [0.05, 0.1) is 18.8 Å². The quantitative estimate of drug-likeness (QED) is 0.838. The maximum absolute atomic E-state index is 12.6. The second-order valence-electron chi connectivity index (χ2n) is 8.14. The Morgan fingerprint density at radius 1 is 1.11 bits per heavy atom. The lowest BCUT2D eigenvalue weighted by molar-refractivity contribution is 0.0302. The van der Waals surface area contributed by atoms with Crippen molar-refractivity contribution in [2.24, 2.45) is 5.41 Å². The van der Waals surface area contributed by atoms with E-state index in [-0.39, 0.29) is 11.3 Å². The summed E-state index contributed by atoms with van der Waals surface area (Å²) >= 11 is 0. The van der Waals surface area contributed by atoms with Gasteiger partial charge < -0.3 is 14.5 Å².